The van der Waals surface area contributed by atoms with Gasteiger partial charge in [-0.1, -0.05) is 45.0 Å². The smallest absolute Gasteiger partial charge is 0.265 e. The maximum atomic E-state index is 13.0. The summed E-state index contributed by atoms with van der Waals surface area (Å²) < 4.78 is 7.69. The van der Waals surface area contributed by atoms with Crippen LogP contribution in [0.25, 0.3) is 22.0 Å². The summed E-state index contributed by atoms with van der Waals surface area (Å²) in [4.78, 5) is 32.4. The van der Waals surface area contributed by atoms with Crippen LogP contribution in [0.4, 0.5) is 5.69 Å². The molecule has 0 unspecified atom stereocenters. The van der Waals surface area contributed by atoms with Gasteiger partial charge in [-0.05, 0) is 42.5 Å². The van der Waals surface area contributed by atoms with E-state index < -0.39 is 5.91 Å². The quantitative estimate of drug-likeness (QED) is 0.487. The number of primary amides is 1. The van der Waals surface area contributed by atoms with Gasteiger partial charge in [0, 0.05) is 30.9 Å². The molecule has 1 amide bonds. The van der Waals surface area contributed by atoms with E-state index in [4.69, 9.17) is 15.1 Å². The summed E-state index contributed by atoms with van der Waals surface area (Å²) in [6.07, 6.45) is 1.55. The fourth-order valence-electron chi connectivity index (χ4n) is 5.03. The van der Waals surface area contributed by atoms with E-state index in [1.165, 1.54) is 10.1 Å². The molecule has 0 radical (unpaired) electrons. The third kappa shape index (κ3) is 3.47. The number of fused-ring (bicyclic) bond motifs is 2. The minimum atomic E-state index is -0.699. The van der Waals surface area contributed by atoms with Crippen molar-refractivity contribution in [3.63, 3.8) is 0 Å². The number of pyridine rings is 1. The van der Waals surface area contributed by atoms with Crippen molar-refractivity contribution in [2.75, 3.05) is 18.0 Å². The number of para-hydroxylation sites is 1. The third-order valence-electron chi connectivity index (χ3n) is 7.30. The Morgan fingerprint density at radius 3 is 2.53 bits per heavy atom. The van der Waals surface area contributed by atoms with Crippen molar-refractivity contribution in [1.82, 2.24) is 9.55 Å². The molecule has 0 aliphatic carbocycles. The Kier molecular flexibility index (Phi) is 5.23. The van der Waals surface area contributed by atoms with Crippen LogP contribution in [0.2, 0.25) is 0 Å². The van der Waals surface area contributed by atoms with E-state index in [0.717, 1.165) is 40.7 Å². The van der Waals surface area contributed by atoms with Crippen LogP contribution < -0.4 is 16.2 Å². The van der Waals surface area contributed by atoms with Gasteiger partial charge in [-0.2, -0.15) is 0 Å². The maximum absolute atomic E-state index is 13.0. The summed E-state index contributed by atoms with van der Waals surface area (Å²) in [5.74, 6) is 0.470. The van der Waals surface area contributed by atoms with Crippen LogP contribution in [0, 0.1) is 0 Å². The predicted molar refractivity (Wildman–Crippen MR) is 135 cm³/mol. The summed E-state index contributed by atoms with van der Waals surface area (Å²) in [6, 6.07) is 13.8. The maximum Gasteiger partial charge on any atom is 0.265 e. The molecule has 7 nitrogen and oxygen atoms in total. The third-order valence-corrected chi connectivity index (χ3v) is 7.30. The molecule has 0 spiro atoms. The van der Waals surface area contributed by atoms with Gasteiger partial charge < -0.3 is 19.6 Å². The van der Waals surface area contributed by atoms with Crippen molar-refractivity contribution < 1.29 is 9.21 Å². The molecule has 1 aliphatic rings. The van der Waals surface area contributed by atoms with Crippen LogP contribution >= 0.6 is 0 Å². The first-order chi connectivity index (χ1) is 16.2. The number of oxazole rings is 1. The van der Waals surface area contributed by atoms with Gasteiger partial charge in [-0.15, -0.1) is 0 Å². The lowest BCUT2D eigenvalue weighted by atomic mass is 9.80. The van der Waals surface area contributed by atoms with Crippen LogP contribution in [0.5, 0.6) is 0 Å². The molecule has 176 valence electrons. The molecule has 1 fully saturated rings. The Morgan fingerprint density at radius 2 is 1.85 bits per heavy atom. The molecule has 1 saturated heterocycles. The highest BCUT2D eigenvalue weighted by atomic mass is 16.3. The van der Waals surface area contributed by atoms with Crippen LogP contribution in [0.15, 0.2) is 51.7 Å². The zero-order valence-corrected chi connectivity index (χ0v) is 20.1. The second kappa shape index (κ2) is 8.01. The Morgan fingerprint density at radius 1 is 1.15 bits per heavy atom. The lowest BCUT2D eigenvalue weighted by Gasteiger charge is -2.39. The Hall–Kier alpha value is -3.61. The molecule has 1 aliphatic heterocycles. The van der Waals surface area contributed by atoms with Crippen molar-refractivity contribution in [3.05, 3.63) is 69.8 Å². The Bertz CT molecular complexity index is 1470. The largest absolute Gasteiger partial charge is 0.440 e. The van der Waals surface area contributed by atoms with Gasteiger partial charge in [-0.3, -0.25) is 9.59 Å². The first-order valence-electron chi connectivity index (χ1n) is 11.8. The van der Waals surface area contributed by atoms with Crippen LogP contribution in [-0.4, -0.2) is 28.5 Å². The van der Waals surface area contributed by atoms with Crippen LogP contribution in [0.3, 0.4) is 0 Å². The number of nitrogens with two attached hydrogens (primary N) is 1. The summed E-state index contributed by atoms with van der Waals surface area (Å²) in [5.41, 5.74) is 9.48. The number of benzene rings is 2. The van der Waals surface area contributed by atoms with Gasteiger partial charge in [0.2, 0.25) is 5.89 Å². The molecule has 2 aromatic heterocycles. The van der Waals surface area contributed by atoms with E-state index in [1.54, 1.807) is 7.05 Å². The summed E-state index contributed by atoms with van der Waals surface area (Å²) in [6.45, 7) is 7.82. The molecular weight excluding hydrogens is 428 g/mol. The predicted octanol–water partition coefficient (Wildman–Crippen LogP) is 4.46. The van der Waals surface area contributed by atoms with Gasteiger partial charge in [0.15, 0.2) is 5.58 Å². The van der Waals surface area contributed by atoms with Crippen LogP contribution in [-0.2, 0) is 12.5 Å². The van der Waals surface area contributed by atoms with E-state index in [0.29, 0.717) is 24.7 Å². The Labute approximate surface area is 198 Å². The van der Waals surface area contributed by atoms with E-state index in [1.807, 2.05) is 30.3 Å². The number of amides is 1. The van der Waals surface area contributed by atoms with Crippen molar-refractivity contribution in [2.45, 2.75) is 44.9 Å². The highest BCUT2D eigenvalue weighted by Crippen LogP contribution is 2.39. The molecule has 34 heavy (non-hydrogen) atoms. The number of carbonyl (C=O) groups excluding carboxylic acids is 1. The fraction of sp³-hybridized carbons (Fsp3) is 0.370. The first kappa shape index (κ1) is 22.2. The lowest BCUT2D eigenvalue weighted by Crippen LogP contribution is -2.43. The van der Waals surface area contributed by atoms with Crippen molar-refractivity contribution >= 4 is 33.6 Å². The second-order valence-electron chi connectivity index (χ2n) is 9.92. The number of rotatable bonds is 4. The topological polar surface area (TPSA) is 94.4 Å². The van der Waals surface area contributed by atoms with Crippen molar-refractivity contribution in [2.24, 2.45) is 12.8 Å². The van der Waals surface area contributed by atoms with E-state index >= 15 is 0 Å². The minimum absolute atomic E-state index is 0.0490. The van der Waals surface area contributed by atoms with Crippen molar-refractivity contribution in [1.29, 1.82) is 0 Å². The number of piperidine rings is 1. The molecular formula is C27H30N4O3. The van der Waals surface area contributed by atoms with Crippen molar-refractivity contribution in [3.8, 4) is 0 Å². The summed E-state index contributed by atoms with van der Waals surface area (Å²) in [7, 11) is 1.67. The molecule has 0 atom stereocenters. The first-order valence-corrected chi connectivity index (χ1v) is 11.8. The average molecular weight is 459 g/mol. The fourth-order valence-corrected chi connectivity index (χ4v) is 5.03. The standard InChI is InChI=1S/C27H30N4O3/c1-16(2)17-9-10-21-19(15-17)29-26(34-21)27(3)11-13-31(14-12-27)23-18-7-5-6-8-20(18)30(4)25(33)22(23)24(28)32/h5-10,15-16H,11-14H2,1-4H3,(H2,28,32). The van der Waals surface area contributed by atoms with Gasteiger partial charge in [-0.25, -0.2) is 4.98 Å². The normalized spacial score (nSPS) is 16.0. The van der Waals surface area contributed by atoms with Gasteiger partial charge in [0.1, 0.15) is 11.1 Å². The van der Waals surface area contributed by atoms with Gasteiger partial charge in [0.05, 0.1) is 11.2 Å². The number of anilines is 1. The molecule has 2 N–H and O–H groups in total. The number of aryl methyl sites for hydroxylation is 1. The number of hydrogen-bond donors (Lipinski definition) is 1. The van der Waals surface area contributed by atoms with Crippen LogP contribution in [0.1, 0.15) is 61.3 Å². The van der Waals surface area contributed by atoms with E-state index in [2.05, 4.69) is 37.8 Å². The number of nitrogens with zero attached hydrogens (tertiary/aromatic N) is 3. The second-order valence-corrected chi connectivity index (χ2v) is 9.92. The Balaban J connectivity index is 1.51. The highest BCUT2D eigenvalue weighted by molar-refractivity contribution is 6.07. The van der Waals surface area contributed by atoms with Gasteiger partial charge in [0.25, 0.3) is 11.5 Å². The zero-order chi connectivity index (χ0) is 24.2. The average Bonchev–Trinajstić information content (AvgIpc) is 3.26. The molecule has 4 aromatic rings. The molecule has 3 heterocycles. The number of carbonyl (C=O) groups is 1. The number of aromatic nitrogens is 2. The zero-order valence-electron chi connectivity index (χ0n) is 20.1. The molecule has 0 bridgehead atoms. The number of hydrogen-bond acceptors (Lipinski definition) is 5. The van der Waals surface area contributed by atoms with E-state index in [-0.39, 0.29) is 16.5 Å². The molecule has 2 aromatic carbocycles. The SMILES string of the molecule is CC(C)c1ccc2oc(C3(C)CCN(c4c(C(N)=O)c(=O)n(C)c5ccccc45)CC3)nc2c1. The summed E-state index contributed by atoms with van der Waals surface area (Å²) in [5, 5.41) is 0.852. The molecule has 7 heteroatoms. The monoisotopic (exact) mass is 458 g/mol. The summed E-state index contributed by atoms with van der Waals surface area (Å²) >= 11 is 0. The minimum Gasteiger partial charge on any atom is -0.440 e. The van der Waals surface area contributed by atoms with Gasteiger partial charge >= 0.3 is 0 Å². The molecule has 0 saturated carbocycles. The highest BCUT2D eigenvalue weighted by Gasteiger charge is 2.38. The molecule has 5 rings (SSSR count). The van der Waals surface area contributed by atoms with E-state index in [9.17, 15) is 9.59 Å². The lowest BCUT2D eigenvalue weighted by molar-refractivity contribution is 0.0999.